The van der Waals surface area contributed by atoms with Crippen LogP contribution < -0.4 is 5.32 Å². The SMILES string of the molecule is C1=CC2c3ccc4ccccc4c3NC(c3c4ccccc4cc4ccccc34)C2C1. The normalized spacial score (nSPS) is 21.9. The Morgan fingerprint density at radius 3 is 2.03 bits per heavy atom. The summed E-state index contributed by atoms with van der Waals surface area (Å²) in [6.45, 7) is 0. The fraction of sp³-hybridized carbons (Fsp3) is 0.133. The lowest BCUT2D eigenvalue weighted by molar-refractivity contribution is 0.430. The number of rotatable bonds is 1. The zero-order chi connectivity index (χ0) is 20.4. The second kappa shape index (κ2) is 6.46. The Labute approximate surface area is 182 Å². The van der Waals surface area contributed by atoms with E-state index in [2.05, 4.69) is 108 Å². The van der Waals surface area contributed by atoms with Gasteiger partial charge in [-0.25, -0.2) is 0 Å². The zero-order valence-electron chi connectivity index (χ0n) is 17.3. The van der Waals surface area contributed by atoms with Crippen LogP contribution >= 0.6 is 0 Å². The third-order valence-corrected chi connectivity index (χ3v) is 7.39. The lowest BCUT2D eigenvalue weighted by Crippen LogP contribution is -2.29. The second-order valence-corrected chi connectivity index (χ2v) is 8.96. The van der Waals surface area contributed by atoms with Crippen LogP contribution in [0.25, 0.3) is 32.3 Å². The fourth-order valence-corrected chi connectivity index (χ4v) is 6.01. The molecule has 0 radical (unpaired) electrons. The van der Waals surface area contributed by atoms with Gasteiger partial charge in [-0.15, -0.1) is 0 Å². The Morgan fingerprint density at radius 1 is 0.645 bits per heavy atom. The Bertz CT molecular complexity index is 1460. The molecule has 148 valence electrons. The van der Waals surface area contributed by atoms with Crippen molar-refractivity contribution in [1.29, 1.82) is 0 Å². The third kappa shape index (κ3) is 2.44. The molecule has 1 aliphatic carbocycles. The van der Waals surface area contributed by atoms with Crippen LogP contribution in [0.5, 0.6) is 0 Å². The molecular weight excluding hydrogens is 374 g/mol. The number of anilines is 1. The van der Waals surface area contributed by atoms with E-state index in [1.165, 1.54) is 49.1 Å². The molecule has 31 heavy (non-hydrogen) atoms. The first-order valence-corrected chi connectivity index (χ1v) is 11.2. The molecule has 7 rings (SSSR count). The molecule has 1 N–H and O–H groups in total. The van der Waals surface area contributed by atoms with E-state index in [4.69, 9.17) is 0 Å². The Morgan fingerprint density at radius 2 is 1.29 bits per heavy atom. The number of hydrogen-bond acceptors (Lipinski definition) is 1. The van der Waals surface area contributed by atoms with Gasteiger partial charge in [-0.3, -0.25) is 0 Å². The maximum absolute atomic E-state index is 4.07. The number of hydrogen-bond donors (Lipinski definition) is 1. The van der Waals surface area contributed by atoms with E-state index in [1.807, 2.05) is 0 Å². The van der Waals surface area contributed by atoms with Crippen LogP contribution in [-0.2, 0) is 0 Å². The lowest BCUT2D eigenvalue weighted by atomic mass is 9.74. The Kier molecular flexibility index (Phi) is 3.57. The van der Waals surface area contributed by atoms with Gasteiger partial charge in [0, 0.05) is 17.0 Å². The van der Waals surface area contributed by atoms with E-state index >= 15 is 0 Å². The number of benzene rings is 5. The smallest absolute Gasteiger partial charge is 0.0566 e. The number of allylic oxidation sites excluding steroid dienone is 2. The molecule has 0 spiro atoms. The van der Waals surface area contributed by atoms with Crippen molar-refractivity contribution in [2.75, 3.05) is 5.32 Å². The van der Waals surface area contributed by atoms with Crippen molar-refractivity contribution in [2.24, 2.45) is 5.92 Å². The van der Waals surface area contributed by atoms with Crippen molar-refractivity contribution < 1.29 is 0 Å². The van der Waals surface area contributed by atoms with Gasteiger partial charge in [-0.1, -0.05) is 97.1 Å². The molecule has 2 aliphatic rings. The molecule has 0 saturated heterocycles. The lowest BCUT2D eigenvalue weighted by Gasteiger charge is -2.39. The van der Waals surface area contributed by atoms with Crippen LogP contribution in [0.3, 0.4) is 0 Å². The molecule has 5 aromatic carbocycles. The maximum Gasteiger partial charge on any atom is 0.0566 e. The standard InChI is InChI=1S/C30H23N/c1-6-13-24-19(8-1)16-17-27-25-14-7-15-26(25)30(31-29(24)27)28-22-11-4-2-9-20(22)18-21-10-3-5-12-23(21)28/h1-14,16-18,25-26,30-31H,15H2. The van der Waals surface area contributed by atoms with Crippen molar-refractivity contribution >= 4 is 38.0 Å². The predicted octanol–water partition coefficient (Wildman–Crippen LogP) is 7.97. The molecule has 1 aliphatic heterocycles. The zero-order valence-corrected chi connectivity index (χ0v) is 17.3. The highest BCUT2D eigenvalue weighted by molar-refractivity contribution is 6.04. The highest BCUT2D eigenvalue weighted by Gasteiger charge is 2.39. The summed E-state index contributed by atoms with van der Waals surface area (Å²) in [4.78, 5) is 0. The average molecular weight is 398 g/mol. The number of nitrogens with one attached hydrogen (secondary N) is 1. The quantitative estimate of drug-likeness (QED) is 0.223. The minimum absolute atomic E-state index is 0.273. The summed E-state index contributed by atoms with van der Waals surface area (Å²) in [7, 11) is 0. The molecular formula is C30H23N. The van der Waals surface area contributed by atoms with E-state index in [9.17, 15) is 0 Å². The van der Waals surface area contributed by atoms with Gasteiger partial charge in [0.1, 0.15) is 0 Å². The van der Waals surface area contributed by atoms with Crippen LogP contribution in [0.2, 0.25) is 0 Å². The molecule has 3 unspecified atom stereocenters. The van der Waals surface area contributed by atoms with Crippen molar-refractivity contribution in [3.8, 4) is 0 Å². The first-order valence-electron chi connectivity index (χ1n) is 11.2. The second-order valence-electron chi connectivity index (χ2n) is 8.96. The molecule has 0 amide bonds. The largest absolute Gasteiger partial charge is 0.377 e. The summed E-state index contributed by atoms with van der Waals surface area (Å²) in [5.74, 6) is 0.992. The summed E-state index contributed by atoms with van der Waals surface area (Å²) in [6, 6.07) is 33.8. The van der Waals surface area contributed by atoms with Gasteiger partial charge in [-0.2, -0.15) is 0 Å². The Balaban J connectivity index is 1.54. The molecule has 0 aromatic heterocycles. The summed E-state index contributed by atoms with van der Waals surface area (Å²) < 4.78 is 0. The minimum atomic E-state index is 0.273. The number of fused-ring (bicyclic) bond motifs is 7. The van der Waals surface area contributed by atoms with E-state index in [1.54, 1.807) is 0 Å². The van der Waals surface area contributed by atoms with Gasteiger partial charge >= 0.3 is 0 Å². The topological polar surface area (TPSA) is 12.0 Å². The summed E-state index contributed by atoms with van der Waals surface area (Å²) >= 11 is 0. The first kappa shape index (κ1) is 17.1. The van der Waals surface area contributed by atoms with Crippen LogP contribution in [0, 0.1) is 5.92 Å². The van der Waals surface area contributed by atoms with E-state index in [-0.39, 0.29) is 6.04 Å². The van der Waals surface area contributed by atoms with Gasteiger partial charge in [0.05, 0.1) is 6.04 Å². The van der Waals surface area contributed by atoms with Crippen LogP contribution in [0.1, 0.15) is 29.5 Å². The molecule has 5 aromatic rings. The highest BCUT2D eigenvalue weighted by atomic mass is 15.0. The monoisotopic (exact) mass is 397 g/mol. The minimum Gasteiger partial charge on any atom is -0.377 e. The summed E-state index contributed by atoms with van der Waals surface area (Å²) in [5.41, 5.74) is 4.21. The fourth-order valence-electron chi connectivity index (χ4n) is 6.01. The van der Waals surface area contributed by atoms with E-state index < -0.39 is 0 Å². The molecule has 1 heteroatoms. The third-order valence-electron chi connectivity index (χ3n) is 7.39. The molecule has 1 nitrogen and oxygen atoms in total. The van der Waals surface area contributed by atoms with E-state index in [0.29, 0.717) is 11.8 Å². The maximum atomic E-state index is 4.07. The van der Waals surface area contributed by atoms with Gasteiger partial charge < -0.3 is 5.32 Å². The predicted molar refractivity (Wildman–Crippen MR) is 132 cm³/mol. The van der Waals surface area contributed by atoms with Gasteiger partial charge in [-0.05, 0) is 56.5 Å². The average Bonchev–Trinajstić information content (AvgIpc) is 3.32. The summed E-state index contributed by atoms with van der Waals surface area (Å²) in [5, 5.41) is 12.1. The van der Waals surface area contributed by atoms with Gasteiger partial charge in [0.25, 0.3) is 0 Å². The molecule has 1 heterocycles. The first-order chi connectivity index (χ1) is 15.4. The van der Waals surface area contributed by atoms with Crippen molar-refractivity contribution in [1.82, 2.24) is 0 Å². The van der Waals surface area contributed by atoms with Crippen molar-refractivity contribution in [2.45, 2.75) is 18.4 Å². The van der Waals surface area contributed by atoms with E-state index in [0.717, 1.165) is 6.42 Å². The molecule has 0 fully saturated rings. The summed E-state index contributed by atoms with van der Waals surface area (Å²) in [6.07, 6.45) is 5.95. The molecule has 3 atom stereocenters. The van der Waals surface area contributed by atoms with Crippen molar-refractivity contribution in [3.63, 3.8) is 0 Å². The van der Waals surface area contributed by atoms with Gasteiger partial charge in [0.15, 0.2) is 0 Å². The van der Waals surface area contributed by atoms with Crippen LogP contribution in [-0.4, -0.2) is 0 Å². The Hall–Kier alpha value is -3.58. The van der Waals surface area contributed by atoms with Crippen molar-refractivity contribution in [3.05, 3.63) is 114 Å². The van der Waals surface area contributed by atoms with Crippen LogP contribution in [0.15, 0.2) is 103 Å². The van der Waals surface area contributed by atoms with Gasteiger partial charge in [0.2, 0.25) is 0 Å². The highest BCUT2D eigenvalue weighted by Crippen LogP contribution is 2.53. The molecule has 0 bridgehead atoms. The van der Waals surface area contributed by atoms with Crippen LogP contribution in [0.4, 0.5) is 5.69 Å². The molecule has 0 saturated carbocycles.